The fraction of sp³-hybridized carbons (Fsp3) is 0.0968. The zero-order chi connectivity index (χ0) is 24.7. The van der Waals surface area contributed by atoms with E-state index >= 15 is 0 Å². The molecule has 5 rings (SSSR count). The van der Waals surface area contributed by atoms with Gasteiger partial charge in [-0.1, -0.05) is 66.7 Å². The lowest BCUT2D eigenvalue weighted by Crippen LogP contribution is -2.30. The van der Waals surface area contributed by atoms with Crippen LogP contribution < -0.4 is 9.64 Å². The number of anilines is 2. The Kier molecular flexibility index (Phi) is 6.90. The number of Topliss-reactive ketones (excluding diaryl/α,β-unsaturated/α-hetero) is 1. The zero-order valence-electron chi connectivity index (χ0n) is 20.1. The topological polar surface area (TPSA) is 47.4 Å². The SMILES string of the molecule is COc1ccc(N(C[C@H](C(=O)c2nccn2-c2ccccc2)c2ccccc2)c2ccccc2)cc1. The van der Waals surface area contributed by atoms with Gasteiger partial charge in [-0.3, -0.25) is 9.36 Å². The van der Waals surface area contributed by atoms with Crippen LogP contribution in [-0.4, -0.2) is 29.0 Å². The standard InChI is InChI=1S/C31H27N3O2/c1-36-28-19-17-27(18-20-28)34(26-15-9-4-10-16-26)23-29(24-11-5-2-6-12-24)30(35)31-32-21-22-33(31)25-13-7-3-8-14-25/h2-22,29H,23H2,1H3/t29-/m0/s1. The molecule has 0 aliphatic carbocycles. The predicted octanol–water partition coefficient (Wildman–Crippen LogP) is 6.69. The molecule has 0 saturated carbocycles. The average Bonchev–Trinajstić information content (AvgIpc) is 3.45. The van der Waals surface area contributed by atoms with Crippen LogP contribution in [0.25, 0.3) is 5.69 Å². The summed E-state index contributed by atoms with van der Waals surface area (Å²) in [4.78, 5) is 20.8. The summed E-state index contributed by atoms with van der Waals surface area (Å²) in [7, 11) is 1.66. The number of ketones is 1. The number of para-hydroxylation sites is 2. The number of rotatable bonds is 9. The van der Waals surface area contributed by atoms with Crippen LogP contribution in [0, 0.1) is 0 Å². The lowest BCUT2D eigenvalue weighted by molar-refractivity contribution is 0.0950. The van der Waals surface area contributed by atoms with E-state index in [1.807, 2.05) is 114 Å². The Labute approximate surface area is 211 Å². The van der Waals surface area contributed by atoms with Crippen molar-refractivity contribution in [2.75, 3.05) is 18.6 Å². The van der Waals surface area contributed by atoms with Crippen molar-refractivity contribution in [3.05, 3.63) is 139 Å². The van der Waals surface area contributed by atoms with Gasteiger partial charge in [0.15, 0.2) is 5.82 Å². The molecule has 0 N–H and O–H groups in total. The van der Waals surface area contributed by atoms with Crippen molar-refractivity contribution in [2.24, 2.45) is 0 Å². The summed E-state index contributed by atoms with van der Waals surface area (Å²) in [6, 6.07) is 37.8. The number of nitrogens with zero attached hydrogens (tertiary/aromatic N) is 3. The van der Waals surface area contributed by atoms with Gasteiger partial charge < -0.3 is 9.64 Å². The fourth-order valence-corrected chi connectivity index (χ4v) is 4.38. The first kappa shape index (κ1) is 23.1. The van der Waals surface area contributed by atoms with Crippen molar-refractivity contribution >= 4 is 17.2 Å². The second-order valence-corrected chi connectivity index (χ2v) is 8.43. The molecule has 5 aromatic rings. The molecule has 0 bridgehead atoms. The molecule has 5 nitrogen and oxygen atoms in total. The Balaban J connectivity index is 1.57. The third-order valence-corrected chi connectivity index (χ3v) is 6.23. The molecule has 0 aliphatic heterocycles. The molecule has 0 aliphatic rings. The lowest BCUT2D eigenvalue weighted by atomic mass is 9.92. The molecule has 178 valence electrons. The molecule has 0 spiro atoms. The van der Waals surface area contributed by atoms with E-state index in [1.54, 1.807) is 13.3 Å². The summed E-state index contributed by atoms with van der Waals surface area (Å²) < 4.78 is 7.22. The van der Waals surface area contributed by atoms with Crippen molar-refractivity contribution < 1.29 is 9.53 Å². The summed E-state index contributed by atoms with van der Waals surface area (Å²) in [6.45, 7) is 0.445. The first-order chi connectivity index (χ1) is 17.7. The number of methoxy groups -OCH3 is 1. The number of hydrogen-bond donors (Lipinski definition) is 0. The van der Waals surface area contributed by atoms with Gasteiger partial charge >= 0.3 is 0 Å². The highest BCUT2D eigenvalue weighted by atomic mass is 16.5. The number of hydrogen-bond acceptors (Lipinski definition) is 4. The van der Waals surface area contributed by atoms with Gasteiger partial charge in [-0.2, -0.15) is 0 Å². The molecule has 1 atom stereocenters. The number of carbonyl (C=O) groups is 1. The Hall–Kier alpha value is -4.64. The van der Waals surface area contributed by atoms with Crippen molar-refractivity contribution in [1.82, 2.24) is 9.55 Å². The van der Waals surface area contributed by atoms with Crippen LogP contribution in [0.3, 0.4) is 0 Å². The third kappa shape index (κ3) is 4.91. The Morgan fingerprint density at radius 1 is 0.806 bits per heavy atom. The van der Waals surface area contributed by atoms with Crippen molar-refractivity contribution in [2.45, 2.75) is 5.92 Å². The summed E-state index contributed by atoms with van der Waals surface area (Å²) in [5, 5.41) is 0. The predicted molar refractivity (Wildman–Crippen MR) is 144 cm³/mol. The number of carbonyl (C=O) groups excluding carboxylic acids is 1. The van der Waals surface area contributed by atoms with Gasteiger partial charge in [0, 0.05) is 36.0 Å². The molecule has 1 aromatic heterocycles. The maximum Gasteiger partial charge on any atom is 0.207 e. The average molecular weight is 474 g/mol. The molecule has 0 fully saturated rings. The Bertz CT molecular complexity index is 1400. The highest BCUT2D eigenvalue weighted by molar-refractivity contribution is 5.99. The molecular formula is C31H27N3O2. The van der Waals surface area contributed by atoms with Crippen LogP contribution in [-0.2, 0) is 0 Å². The zero-order valence-corrected chi connectivity index (χ0v) is 20.1. The summed E-state index contributed by atoms with van der Waals surface area (Å²) in [5.41, 5.74) is 3.82. The minimum Gasteiger partial charge on any atom is -0.497 e. The molecule has 5 heteroatoms. The van der Waals surface area contributed by atoms with E-state index in [0.717, 1.165) is 28.4 Å². The van der Waals surface area contributed by atoms with Crippen LogP contribution in [0.15, 0.2) is 128 Å². The van der Waals surface area contributed by atoms with Crippen LogP contribution in [0.1, 0.15) is 22.1 Å². The van der Waals surface area contributed by atoms with E-state index in [4.69, 9.17) is 4.74 Å². The second kappa shape index (κ2) is 10.7. The van der Waals surface area contributed by atoms with Gasteiger partial charge in [0.2, 0.25) is 5.78 Å². The van der Waals surface area contributed by atoms with E-state index in [9.17, 15) is 4.79 Å². The van der Waals surface area contributed by atoms with E-state index in [-0.39, 0.29) is 5.78 Å². The number of imidazole rings is 1. The highest BCUT2D eigenvalue weighted by Crippen LogP contribution is 2.32. The second-order valence-electron chi connectivity index (χ2n) is 8.43. The summed E-state index contributed by atoms with van der Waals surface area (Å²) >= 11 is 0. The normalized spacial score (nSPS) is 11.6. The molecule has 0 unspecified atom stereocenters. The van der Waals surface area contributed by atoms with Gasteiger partial charge in [-0.25, -0.2) is 4.98 Å². The maximum absolute atomic E-state index is 14.2. The number of benzene rings is 4. The van der Waals surface area contributed by atoms with Crippen LogP contribution in [0.4, 0.5) is 11.4 Å². The van der Waals surface area contributed by atoms with Gasteiger partial charge in [0.1, 0.15) is 5.75 Å². The number of ether oxygens (including phenoxy) is 1. The molecule has 0 saturated heterocycles. The lowest BCUT2D eigenvalue weighted by Gasteiger charge is -2.29. The van der Waals surface area contributed by atoms with Crippen molar-refractivity contribution in [1.29, 1.82) is 0 Å². The third-order valence-electron chi connectivity index (χ3n) is 6.23. The highest BCUT2D eigenvalue weighted by Gasteiger charge is 2.29. The van der Waals surface area contributed by atoms with Crippen molar-refractivity contribution in [3.63, 3.8) is 0 Å². The van der Waals surface area contributed by atoms with Gasteiger partial charge in [0.05, 0.1) is 13.0 Å². The monoisotopic (exact) mass is 473 g/mol. The van der Waals surface area contributed by atoms with Crippen molar-refractivity contribution in [3.8, 4) is 11.4 Å². The van der Waals surface area contributed by atoms with Crippen LogP contribution in [0.5, 0.6) is 5.75 Å². The molecule has 0 amide bonds. The van der Waals surface area contributed by atoms with Crippen LogP contribution in [0.2, 0.25) is 0 Å². The molecule has 4 aromatic carbocycles. The largest absolute Gasteiger partial charge is 0.497 e. The maximum atomic E-state index is 14.2. The van der Waals surface area contributed by atoms with Gasteiger partial charge in [0.25, 0.3) is 0 Å². The van der Waals surface area contributed by atoms with E-state index < -0.39 is 5.92 Å². The summed E-state index contributed by atoms with van der Waals surface area (Å²) in [5.74, 6) is 0.716. The minimum atomic E-state index is -0.446. The summed E-state index contributed by atoms with van der Waals surface area (Å²) in [6.07, 6.45) is 3.52. The molecule has 36 heavy (non-hydrogen) atoms. The molecule has 1 heterocycles. The quantitative estimate of drug-likeness (QED) is 0.224. The smallest absolute Gasteiger partial charge is 0.207 e. The fourth-order valence-electron chi connectivity index (χ4n) is 4.38. The first-order valence-corrected chi connectivity index (χ1v) is 11.9. The van der Waals surface area contributed by atoms with Gasteiger partial charge in [-0.15, -0.1) is 0 Å². The van der Waals surface area contributed by atoms with Gasteiger partial charge in [-0.05, 0) is 54.1 Å². The van der Waals surface area contributed by atoms with E-state index in [2.05, 4.69) is 22.0 Å². The van der Waals surface area contributed by atoms with Crippen LogP contribution >= 0.6 is 0 Å². The van der Waals surface area contributed by atoms with E-state index in [0.29, 0.717) is 12.4 Å². The van der Waals surface area contributed by atoms with E-state index in [1.165, 1.54) is 0 Å². The number of aromatic nitrogens is 2. The molecule has 0 radical (unpaired) electrons. The first-order valence-electron chi connectivity index (χ1n) is 11.9. The Morgan fingerprint density at radius 2 is 1.39 bits per heavy atom. The minimum absolute atomic E-state index is 0.0375. The Morgan fingerprint density at radius 3 is 2.03 bits per heavy atom. The molecular weight excluding hydrogens is 446 g/mol.